The van der Waals surface area contributed by atoms with Crippen molar-refractivity contribution in [1.82, 2.24) is 0 Å². The van der Waals surface area contributed by atoms with Crippen LogP contribution in [0, 0.1) is 0 Å². The Balaban J connectivity index is 0. The molecule has 0 atom stereocenters. The first-order valence-corrected chi connectivity index (χ1v) is 2.62. The fraction of sp³-hybridized carbons (Fsp3) is 1.00. The Morgan fingerprint density at radius 2 is 1.86 bits per heavy atom. The van der Waals surface area contributed by atoms with Crippen molar-refractivity contribution in [2.75, 3.05) is 12.5 Å². The Morgan fingerprint density at radius 1 is 1.29 bits per heavy atom. The fourth-order valence-electron chi connectivity index (χ4n) is 0.206. The quantitative estimate of drug-likeness (QED) is 0.338. The normalized spacial score (nSPS) is 7.71. The molecule has 1 radical (unpaired) electrons. The summed E-state index contributed by atoms with van der Waals surface area (Å²) >= 11 is 5.27. The van der Waals surface area contributed by atoms with E-state index >= 15 is 0 Å². The van der Waals surface area contributed by atoms with Gasteiger partial charge in [-0.05, 0) is 12.8 Å². The molecule has 1 nitrogen and oxygen atoms in total. The Bertz CT molecular complexity index is 23.7. The molecule has 0 aromatic carbocycles. The minimum Gasteiger partial charge on any atom is -0.396 e. The van der Waals surface area contributed by atoms with E-state index in [9.17, 15) is 0 Å². The molecule has 0 aliphatic rings. The van der Waals surface area contributed by atoms with E-state index in [1.54, 1.807) is 0 Å². The molecule has 0 aliphatic carbocycles. The molecule has 0 saturated carbocycles. The topological polar surface area (TPSA) is 20.2 Å². The van der Waals surface area contributed by atoms with Crippen molar-refractivity contribution >= 4 is 41.2 Å². The number of hydrogen-bond donors (Lipinski definition) is 1. The summed E-state index contributed by atoms with van der Waals surface area (Å²) in [6.07, 6.45) is 1.77. The number of aliphatic hydroxyl groups excluding tert-OH is 1. The summed E-state index contributed by atoms with van der Waals surface area (Å²) in [5.74, 6) is 0.667. The first-order valence-electron chi connectivity index (χ1n) is 2.08. The maximum Gasteiger partial charge on any atom is 0.0431 e. The molecule has 0 rings (SSSR count). The predicted molar refractivity (Wildman–Crippen MR) is 32.8 cm³/mol. The SMILES string of the molecule is OCCCCCl.[Na]. The Hall–Kier alpha value is 1.25. The van der Waals surface area contributed by atoms with Crippen molar-refractivity contribution in [3.8, 4) is 0 Å². The third kappa shape index (κ3) is 11.1. The van der Waals surface area contributed by atoms with Gasteiger partial charge < -0.3 is 5.11 Å². The van der Waals surface area contributed by atoms with E-state index in [1.807, 2.05) is 0 Å². The minimum absolute atomic E-state index is 0. The fourth-order valence-corrected chi connectivity index (χ4v) is 0.395. The Morgan fingerprint density at radius 3 is 2.00 bits per heavy atom. The van der Waals surface area contributed by atoms with Crippen molar-refractivity contribution in [2.24, 2.45) is 0 Å². The number of unbranched alkanes of at least 4 members (excludes halogenated alkanes) is 1. The summed E-state index contributed by atoms with van der Waals surface area (Å²) in [7, 11) is 0. The van der Waals surface area contributed by atoms with Gasteiger partial charge in [-0.2, -0.15) is 0 Å². The first-order chi connectivity index (χ1) is 2.91. The van der Waals surface area contributed by atoms with Gasteiger partial charge in [-0.1, -0.05) is 0 Å². The molecule has 0 aromatic heterocycles. The zero-order chi connectivity index (χ0) is 4.83. The van der Waals surface area contributed by atoms with Crippen LogP contribution in [0.15, 0.2) is 0 Å². The summed E-state index contributed by atoms with van der Waals surface area (Å²) in [5.41, 5.74) is 0. The molecule has 0 spiro atoms. The molecule has 0 aliphatic heterocycles. The number of rotatable bonds is 3. The third-order valence-electron chi connectivity index (χ3n) is 0.542. The molecular formula is C4H9ClNaO. The van der Waals surface area contributed by atoms with Crippen LogP contribution in [0.2, 0.25) is 0 Å². The molecule has 0 amide bonds. The average Bonchev–Trinajstić information content (AvgIpc) is 1.61. The van der Waals surface area contributed by atoms with Crippen molar-refractivity contribution in [2.45, 2.75) is 12.8 Å². The second kappa shape index (κ2) is 10.3. The van der Waals surface area contributed by atoms with E-state index in [4.69, 9.17) is 16.7 Å². The van der Waals surface area contributed by atoms with Gasteiger partial charge >= 0.3 is 0 Å². The Labute approximate surface area is 71.3 Å². The van der Waals surface area contributed by atoms with Crippen LogP contribution in [-0.4, -0.2) is 47.2 Å². The molecule has 0 unspecified atom stereocenters. The van der Waals surface area contributed by atoms with Gasteiger partial charge in [-0.15, -0.1) is 11.6 Å². The monoisotopic (exact) mass is 131 g/mol. The maximum absolute atomic E-state index is 8.14. The zero-order valence-electron chi connectivity index (χ0n) is 4.65. The number of hydrogen-bond acceptors (Lipinski definition) is 1. The number of halogens is 1. The summed E-state index contributed by atoms with van der Waals surface area (Å²) in [5, 5.41) is 8.14. The van der Waals surface area contributed by atoms with E-state index in [0.717, 1.165) is 12.8 Å². The van der Waals surface area contributed by atoms with E-state index < -0.39 is 0 Å². The van der Waals surface area contributed by atoms with Gasteiger partial charge in [0.25, 0.3) is 0 Å². The van der Waals surface area contributed by atoms with Crippen molar-refractivity contribution in [3.05, 3.63) is 0 Å². The third-order valence-corrected chi connectivity index (χ3v) is 0.809. The van der Waals surface area contributed by atoms with Crippen LogP contribution in [0.25, 0.3) is 0 Å². The van der Waals surface area contributed by atoms with Crippen LogP contribution < -0.4 is 0 Å². The summed E-state index contributed by atoms with van der Waals surface area (Å²) in [4.78, 5) is 0. The number of alkyl halides is 1. The van der Waals surface area contributed by atoms with E-state index in [2.05, 4.69) is 0 Å². The van der Waals surface area contributed by atoms with Crippen molar-refractivity contribution in [1.29, 1.82) is 0 Å². The summed E-state index contributed by atoms with van der Waals surface area (Å²) in [6, 6.07) is 0. The van der Waals surface area contributed by atoms with Crippen LogP contribution in [0.3, 0.4) is 0 Å². The zero-order valence-corrected chi connectivity index (χ0v) is 7.41. The summed E-state index contributed by atoms with van der Waals surface area (Å²) in [6.45, 7) is 0.271. The van der Waals surface area contributed by atoms with E-state index in [-0.39, 0.29) is 36.2 Å². The molecular weight excluding hydrogens is 122 g/mol. The summed E-state index contributed by atoms with van der Waals surface area (Å²) < 4.78 is 0. The van der Waals surface area contributed by atoms with Gasteiger partial charge in [0.1, 0.15) is 0 Å². The molecule has 7 heavy (non-hydrogen) atoms. The van der Waals surface area contributed by atoms with Gasteiger partial charge in [-0.25, -0.2) is 0 Å². The van der Waals surface area contributed by atoms with Gasteiger partial charge in [0.15, 0.2) is 0 Å². The van der Waals surface area contributed by atoms with Crippen LogP contribution in [-0.2, 0) is 0 Å². The van der Waals surface area contributed by atoms with Crippen LogP contribution in [0.5, 0.6) is 0 Å². The van der Waals surface area contributed by atoms with Gasteiger partial charge in [0, 0.05) is 42.0 Å². The van der Waals surface area contributed by atoms with Crippen LogP contribution in [0.4, 0.5) is 0 Å². The average molecular weight is 132 g/mol. The molecule has 0 aromatic rings. The molecule has 0 fully saturated rings. The van der Waals surface area contributed by atoms with Crippen LogP contribution >= 0.6 is 11.6 Å². The van der Waals surface area contributed by atoms with E-state index in [0.29, 0.717) is 5.88 Å². The largest absolute Gasteiger partial charge is 0.396 e. The second-order valence-electron chi connectivity index (χ2n) is 1.12. The predicted octanol–water partition coefficient (Wildman–Crippen LogP) is 0.617. The standard InChI is InChI=1S/C4H9ClO.Na/c5-3-1-2-4-6;/h6H,1-4H2;. The maximum atomic E-state index is 8.14. The van der Waals surface area contributed by atoms with Crippen molar-refractivity contribution in [3.63, 3.8) is 0 Å². The molecule has 0 saturated heterocycles. The first kappa shape index (κ1) is 11.1. The molecule has 1 N–H and O–H groups in total. The molecule has 0 bridgehead atoms. The molecule has 0 heterocycles. The molecule has 3 heteroatoms. The van der Waals surface area contributed by atoms with Crippen molar-refractivity contribution < 1.29 is 5.11 Å². The molecule has 39 valence electrons. The number of aliphatic hydroxyl groups is 1. The van der Waals surface area contributed by atoms with Gasteiger partial charge in [0.2, 0.25) is 0 Å². The Kier molecular flexibility index (Phi) is 16.3. The van der Waals surface area contributed by atoms with Gasteiger partial charge in [0.05, 0.1) is 0 Å². The second-order valence-corrected chi connectivity index (χ2v) is 1.50. The van der Waals surface area contributed by atoms with Crippen LogP contribution in [0.1, 0.15) is 12.8 Å². The van der Waals surface area contributed by atoms with Gasteiger partial charge in [-0.3, -0.25) is 0 Å². The van der Waals surface area contributed by atoms with E-state index in [1.165, 1.54) is 0 Å². The minimum atomic E-state index is 0. The smallest absolute Gasteiger partial charge is 0.0431 e.